The smallest absolute Gasteiger partial charge is 0.142 e. The SMILES string of the molecule is COc1ccccc1N(C)c1cc(N)cc(Cl)n1. The molecule has 0 amide bonds. The molecular formula is C13H14ClN3O. The summed E-state index contributed by atoms with van der Waals surface area (Å²) < 4.78 is 5.31. The van der Waals surface area contributed by atoms with E-state index in [-0.39, 0.29) is 0 Å². The number of nitrogen functional groups attached to an aromatic ring is 1. The Hall–Kier alpha value is -1.94. The van der Waals surface area contributed by atoms with Crippen LogP contribution in [0.15, 0.2) is 36.4 Å². The van der Waals surface area contributed by atoms with Gasteiger partial charge in [0.15, 0.2) is 0 Å². The number of rotatable bonds is 3. The van der Waals surface area contributed by atoms with E-state index in [1.54, 1.807) is 19.2 Å². The molecule has 2 aromatic rings. The molecule has 1 aromatic carbocycles. The molecule has 0 bridgehead atoms. The van der Waals surface area contributed by atoms with E-state index in [9.17, 15) is 0 Å². The molecule has 1 heterocycles. The molecule has 0 saturated carbocycles. The average molecular weight is 264 g/mol. The molecule has 0 aliphatic heterocycles. The van der Waals surface area contributed by atoms with Gasteiger partial charge in [0, 0.05) is 18.8 Å². The molecule has 0 unspecified atom stereocenters. The first-order chi connectivity index (χ1) is 8.61. The highest BCUT2D eigenvalue weighted by atomic mass is 35.5. The zero-order valence-corrected chi connectivity index (χ0v) is 11.0. The highest BCUT2D eigenvalue weighted by Gasteiger charge is 2.11. The maximum atomic E-state index is 5.91. The molecule has 0 aliphatic carbocycles. The summed E-state index contributed by atoms with van der Waals surface area (Å²) in [6.45, 7) is 0. The standard InChI is InChI=1S/C13H14ClN3O/c1-17(10-5-3-4-6-11(10)18-2)13-8-9(15)7-12(14)16-13/h3-8H,1-2H3,(H2,15,16). The van der Waals surface area contributed by atoms with Crippen LogP contribution in [0.3, 0.4) is 0 Å². The number of methoxy groups -OCH3 is 1. The quantitative estimate of drug-likeness (QED) is 0.865. The summed E-state index contributed by atoms with van der Waals surface area (Å²) in [7, 11) is 3.52. The van der Waals surface area contributed by atoms with Gasteiger partial charge in [0.05, 0.1) is 12.8 Å². The molecule has 94 valence electrons. The Morgan fingerprint density at radius 2 is 2.00 bits per heavy atom. The summed E-state index contributed by atoms with van der Waals surface area (Å²) in [5, 5.41) is 0.367. The highest BCUT2D eigenvalue weighted by molar-refractivity contribution is 6.29. The van der Waals surface area contributed by atoms with Crippen LogP contribution >= 0.6 is 11.6 Å². The Morgan fingerprint density at radius 1 is 1.28 bits per heavy atom. The Kier molecular flexibility index (Phi) is 3.58. The molecule has 2 rings (SSSR count). The minimum atomic E-state index is 0.367. The van der Waals surface area contributed by atoms with E-state index in [1.165, 1.54) is 0 Å². The minimum Gasteiger partial charge on any atom is -0.495 e. The summed E-state index contributed by atoms with van der Waals surface area (Å²) in [5.74, 6) is 1.44. The summed E-state index contributed by atoms with van der Waals surface area (Å²) >= 11 is 5.91. The number of ether oxygens (including phenoxy) is 1. The lowest BCUT2D eigenvalue weighted by molar-refractivity contribution is 0.415. The van der Waals surface area contributed by atoms with Crippen molar-refractivity contribution in [1.29, 1.82) is 0 Å². The van der Waals surface area contributed by atoms with Crippen LogP contribution in [0, 0.1) is 0 Å². The fourth-order valence-corrected chi connectivity index (χ4v) is 1.92. The molecule has 0 saturated heterocycles. The predicted molar refractivity (Wildman–Crippen MR) is 74.7 cm³/mol. The normalized spacial score (nSPS) is 10.2. The molecule has 1 aromatic heterocycles. The van der Waals surface area contributed by atoms with Crippen LogP contribution in [0.5, 0.6) is 5.75 Å². The molecule has 18 heavy (non-hydrogen) atoms. The number of pyridine rings is 1. The van der Waals surface area contributed by atoms with E-state index >= 15 is 0 Å². The lowest BCUT2D eigenvalue weighted by Crippen LogP contribution is -2.12. The van der Waals surface area contributed by atoms with Crippen molar-refractivity contribution in [3.05, 3.63) is 41.6 Å². The van der Waals surface area contributed by atoms with E-state index in [4.69, 9.17) is 22.1 Å². The number of nitrogens with two attached hydrogens (primary N) is 1. The van der Waals surface area contributed by atoms with Gasteiger partial charge in [-0.25, -0.2) is 4.98 Å². The summed E-state index contributed by atoms with van der Waals surface area (Å²) in [6.07, 6.45) is 0. The van der Waals surface area contributed by atoms with Crippen LogP contribution in [0.25, 0.3) is 0 Å². The van der Waals surface area contributed by atoms with Gasteiger partial charge in [-0.05, 0) is 18.2 Å². The molecule has 2 N–H and O–H groups in total. The number of halogens is 1. The fourth-order valence-electron chi connectivity index (χ4n) is 1.70. The van der Waals surface area contributed by atoms with Crippen LogP contribution < -0.4 is 15.4 Å². The van der Waals surface area contributed by atoms with E-state index in [0.29, 0.717) is 16.7 Å². The Balaban J connectivity index is 2.44. The number of hydrogen-bond acceptors (Lipinski definition) is 4. The van der Waals surface area contributed by atoms with Gasteiger partial charge in [-0.1, -0.05) is 23.7 Å². The van der Waals surface area contributed by atoms with Crippen molar-refractivity contribution in [2.24, 2.45) is 0 Å². The van der Waals surface area contributed by atoms with Gasteiger partial charge in [-0.2, -0.15) is 0 Å². The summed E-state index contributed by atoms with van der Waals surface area (Å²) in [5.41, 5.74) is 7.24. The summed E-state index contributed by atoms with van der Waals surface area (Å²) in [6, 6.07) is 11.1. The van der Waals surface area contributed by atoms with Crippen LogP contribution in [-0.4, -0.2) is 19.1 Å². The van der Waals surface area contributed by atoms with E-state index in [2.05, 4.69) is 4.98 Å². The van der Waals surface area contributed by atoms with Gasteiger partial charge in [-0.3, -0.25) is 0 Å². The van der Waals surface area contributed by atoms with Gasteiger partial charge in [-0.15, -0.1) is 0 Å². The Labute approximate surface area is 111 Å². The predicted octanol–water partition coefficient (Wildman–Crippen LogP) is 3.09. The van der Waals surface area contributed by atoms with Crippen LogP contribution in [-0.2, 0) is 0 Å². The number of para-hydroxylation sites is 2. The number of nitrogens with zero attached hydrogens (tertiary/aromatic N) is 2. The third-order valence-electron chi connectivity index (χ3n) is 2.59. The lowest BCUT2D eigenvalue weighted by atomic mass is 10.2. The minimum absolute atomic E-state index is 0.367. The Bertz CT molecular complexity index is 539. The maximum absolute atomic E-state index is 5.91. The first-order valence-corrected chi connectivity index (χ1v) is 5.79. The first-order valence-electron chi connectivity index (χ1n) is 5.41. The van der Waals surface area contributed by atoms with Crippen molar-refractivity contribution in [3.8, 4) is 5.75 Å². The molecule has 0 aliphatic rings. The lowest BCUT2D eigenvalue weighted by Gasteiger charge is -2.21. The molecule has 5 heteroatoms. The van der Waals surface area contributed by atoms with Crippen molar-refractivity contribution in [1.82, 2.24) is 4.98 Å². The number of hydrogen-bond donors (Lipinski definition) is 1. The molecule has 0 spiro atoms. The van der Waals surface area contributed by atoms with Crippen LogP contribution in [0.1, 0.15) is 0 Å². The third kappa shape index (κ3) is 2.49. The largest absolute Gasteiger partial charge is 0.495 e. The van der Waals surface area contributed by atoms with Crippen molar-refractivity contribution < 1.29 is 4.74 Å². The van der Waals surface area contributed by atoms with E-state index < -0.39 is 0 Å². The van der Waals surface area contributed by atoms with Crippen molar-refractivity contribution in [2.75, 3.05) is 24.8 Å². The van der Waals surface area contributed by atoms with Crippen molar-refractivity contribution in [3.63, 3.8) is 0 Å². The topological polar surface area (TPSA) is 51.4 Å². The van der Waals surface area contributed by atoms with E-state index in [1.807, 2.05) is 36.2 Å². The zero-order chi connectivity index (χ0) is 13.1. The third-order valence-corrected chi connectivity index (χ3v) is 2.79. The molecule has 4 nitrogen and oxygen atoms in total. The van der Waals surface area contributed by atoms with E-state index in [0.717, 1.165) is 11.4 Å². The first kappa shape index (κ1) is 12.5. The highest BCUT2D eigenvalue weighted by Crippen LogP contribution is 2.32. The average Bonchev–Trinajstić information content (AvgIpc) is 2.36. The Morgan fingerprint density at radius 3 is 2.67 bits per heavy atom. The van der Waals surface area contributed by atoms with Crippen molar-refractivity contribution >= 4 is 28.8 Å². The fraction of sp³-hybridized carbons (Fsp3) is 0.154. The monoisotopic (exact) mass is 263 g/mol. The number of aromatic nitrogens is 1. The second-order valence-electron chi connectivity index (χ2n) is 3.81. The second kappa shape index (κ2) is 5.14. The van der Waals surface area contributed by atoms with Crippen LogP contribution in [0.4, 0.5) is 17.2 Å². The number of anilines is 3. The zero-order valence-electron chi connectivity index (χ0n) is 10.2. The molecular weight excluding hydrogens is 250 g/mol. The van der Waals surface area contributed by atoms with Gasteiger partial charge >= 0.3 is 0 Å². The molecule has 0 fully saturated rings. The van der Waals surface area contributed by atoms with Gasteiger partial charge in [0.25, 0.3) is 0 Å². The maximum Gasteiger partial charge on any atom is 0.142 e. The van der Waals surface area contributed by atoms with Gasteiger partial charge < -0.3 is 15.4 Å². The van der Waals surface area contributed by atoms with Crippen molar-refractivity contribution in [2.45, 2.75) is 0 Å². The molecule has 0 atom stereocenters. The second-order valence-corrected chi connectivity index (χ2v) is 4.20. The van der Waals surface area contributed by atoms with Crippen LogP contribution in [0.2, 0.25) is 5.15 Å². The summed E-state index contributed by atoms with van der Waals surface area (Å²) in [4.78, 5) is 6.12. The van der Waals surface area contributed by atoms with Gasteiger partial charge in [0.1, 0.15) is 16.7 Å². The number of benzene rings is 1. The van der Waals surface area contributed by atoms with Gasteiger partial charge in [0.2, 0.25) is 0 Å². The molecule has 0 radical (unpaired) electrons.